The van der Waals surface area contributed by atoms with Crippen LogP contribution in [0.5, 0.6) is 0 Å². The summed E-state index contributed by atoms with van der Waals surface area (Å²) in [5, 5.41) is 0.778. The van der Waals surface area contributed by atoms with Gasteiger partial charge in [0.1, 0.15) is 22.7 Å². The Kier molecular flexibility index (Phi) is 7.79. The van der Waals surface area contributed by atoms with Crippen molar-refractivity contribution in [3.05, 3.63) is 111 Å². The zero-order chi connectivity index (χ0) is 37.6. The van der Waals surface area contributed by atoms with E-state index in [2.05, 4.69) is 9.74 Å². The number of hydrogen-bond donors (Lipinski definition) is 0. The number of aromatic nitrogens is 4. The number of aryl methyl sites for hydroxylation is 1. The average molecular weight is 732 g/mol. The molecule has 7 aromatic rings. The number of carbonyl (C=O) groups is 1. The largest absolute Gasteiger partial charge is 0.439 e. The van der Waals surface area contributed by atoms with Crippen LogP contribution in [0.3, 0.4) is 0 Å². The molecule has 1 fully saturated rings. The Hall–Kier alpha value is -5.91. The molecule has 12 nitrogen and oxygen atoms in total. The molecule has 2 aromatic carbocycles. The Morgan fingerprint density at radius 1 is 1.08 bits per heavy atom. The molecule has 0 atom stereocenters. The van der Waals surface area contributed by atoms with Crippen molar-refractivity contribution in [3.63, 3.8) is 0 Å². The number of anilines is 1. The second-order valence-electron chi connectivity index (χ2n) is 14.0. The quantitative estimate of drug-likeness (QED) is 0.128. The first kappa shape index (κ1) is 34.2. The van der Waals surface area contributed by atoms with Gasteiger partial charge in [0, 0.05) is 55.1 Å². The van der Waals surface area contributed by atoms with Gasteiger partial charge in [0.25, 0.3) is 11.1 Å². The van der Waals surface area contributed by atoms with Gasteiger partial charge < -0.3 is 9.26 Å². The summed E-state index contributed by atoms with van der Waals surface area (Å²) in [5.74, 6) is 0.0264. The normalized spacial score (nSPS) is 14.6. The summed E-state index contributed by atoms with van der Waals surface area (Å²) < 4.78 is 51.8. The molecule has 0 aliphatic carbocycles. The Balaban J connectivity index is 1.39. The predicted molar refractivity (Wildman–Crippen MR) is 202 cm³/mol. The van der Waals surface area contributed by atoms with Crippen molar-refractivity contribution < 1.29 is 22.0 Å². The summed E-state index contributed by atoms with van der Waals surface area (Å²) >= 11 is 0. The highest BCUT2D eigenvalue weighted by Crippen LogP contribution is 2.40. The predicted octanol–water partition coefficient (Wildman–Crippen LogP) is 6.53. The smallest absolute Gasteiger partial charge is 0.257 e. The number of ketones is 1. The number of rotatable bonds is 8. The summed E-state index contributed by atoms with van der Waals surface area (Å²) in [5.41, 5.74) is 3.48. The third kappa shape index (κ3) is 5.55. The van der Waals surface area contributed by atoms with Gasteiger partial charge in [-0.2, -0.15) is 0 Å². The lowest BCUT2D eigenvalue weighted by Gasteiger charge is -2.38. The number of hydrogen-bond acceptors (Lipinski definition) is 8. The number of sulfonamides is 1. The highest BCUT2D eigenvalue weighted by molar-refractivity contribution is 7.92. The van der Waals surface area contributed by atoms with Crippen molar-refractivity contribution >= 4 is 59.9 Å². The lowest BCUT2D eigenvalue weighted by atomic mass is 9.93. The fraction of sp³-hybridized carbons (Fsp3) is 0.256. The molecule has 268 valence electrons. The van der Waals surface area contributed by atoms with E-state index in [0.717, 1.165) is 16.1 Å². The van der Waals surface area contributed by atoms with Gasteiger partial charge in [-0.3, -0.25) is 27.8 Å². The van der Waals surface area contributed by atoms with E-state index in [1.165, 1.54) is 29.8 Å². The van der Waals surface area contributed by atoms with Crippen molar-refractivity contribution in [1.29, 1.82) is 0 Å². The van der Waals surface area contributed by atoms with Crippen LogP contribution in [0.2, 0.25) is 0 Å². The molecule has 6 heterocycles. The number of fused-ring (bicyclic) bond motifs is 6. The fourth-order valence-electron chi connectivity index (χ4n) is 7.25. The zero-order valence-corrected chi connectivity index (χ0v) is 30.5. The number of Topliss-reactive ketones (excluding diaryl/α,β-unsaturated/α-hetero) is 1. The van der Waals surface area contributed by atoms with Gasteiger partial charge in [-0.15, -0.1) is 0 Å². The molecule has 0 radical (unpaired) electrons. The highest BCUT2D eigenvalue weighted by atomic mass is 32.2. The van der Waals surface area contributed by atoms with Crippen molar-refractivity contribution in [2.45, 2.75) is 39.3 Å². The van der Waals surface area contributed by atoms with Crippen LogP contribution < -0.4 is 9.86 Å². The van der Waals surface area contributed by atoms with E-state index < -0.39 is 21.4 Å². The third-order valence-electron chi connectivity index (χ3n) is 9.97. The number of benzene rings is 2. The van der Waals surface area contributed by atoms with Crippen molar-refractivity contribution in [1.82, 2.24) is 23.8 Å². The maximum Gasteiger partial charge on any atom is 0.257 e. The van der Waals surface area contributed by atoms with Gasteiger partial charge >= 0.3 is 0 Å². The summed E-state index contributed by atoms with van der Waals surface area (Å²) in [7, 11) is -2.39. The number of furan rings is 1. The topological polar surface area (TPSA) is 127 Å². The van der Waals surface area contributed by atoms with Gasteiger partial charge in [-0.05, 0) is 55.0 Å². The number of carbonyl (C=O) groups excluding carboxylic acids is 1. The first-order valence-corrected chi connectivity index (χ1v) is 18.8. The van der Waals surface area contributed by atoms with E-state index >= 15 is 4.39 Å². The van der Waals surface area contributed by atoms with Crippen molar-refractivity contribution in [2.24, 2.45) is 0 Å². The maximum absolute atomic E-state index is 15.3. The Morgan fingerprint density at radius 2 is 1.85 bits per heavy atom. The van der Waals surface area contributed by atoms with Crippen LogP contribution in [0.25, 0.3) is 60.4 Å². The maximum atomic E-state index is 15.3. The molecule has 0 saturated carbocycles. The third-order valence-corrected chi connectivity index (χ3v) is 11.2. The minimum atomic E-state index is -3.81. The van der Waals surface area contributed by atoms with E-state index in [-0.39, 0.29) is 40.5 Å². The SMILES string of the molecule is [C-]#[N+]C1(C)CN(Cc2nc3ccc(-c4cc5c(C(=O)CC)c(-n6ccc(C)cc6=O)oc5cc4N(C)S(C)(=O)=O)nc3c3cc4c(F)cccc4n23)C1. The van der Waals surface area contributed by atoms with E-state index in [9.17, 15) is 18.0 Å². The van der Waals surface area contributed by atoms with E-state index in [0.29, 0.717) is 69.6 Å². The number of nitrogens with zero attached hydrogens (tertiary/aromatic N) is 7. The first-order valence-electron chi connectivity index (χ1n) is 17.0. The first-order chi connectivity index (χ1) is 25.2. The molecule has 0 N–H and O–H groups in total. The molecule has 8 rings (SSSR count). The molecular formula is C39H34FN7O5S. The second-order valence-corrected chi connectivity index (χ2v) is 16.0. The number of pyridine rings is 2. The monoisotopic (exact) mass is 731 g/mol. The molecule has 0 bridgehead atoms. The van der Waals surface area contributed by atoms with Crippen LogP contribution in [-0.4, -0.2) is 70.0 Å². The molecule has 1 aliphatic heterocycles. The van der Waals surface area contributed by atoms with E-state index in [1.807, 2.05) is 17.4 Å². The molecule has 1 saturated heterocycles. The highest BCUT2D eigenvalue weighted by Gasteiger charge is 2.45. The van der Waals surface area contributed by atoms with Gasteiger partial charge in [-0.1, -0.05) is 13.0 Å². The van der Waals surface area contributed by atoms with Crippen LogP contribution in [0.4, 0.5) is 10.1 Å². The van der Waals surface area contributed by atoms with Crippen LogP contribution in [0.15, 0.2) is 76.1 Å². The van der Waals surface area contributed by atoms with Gasteiger partial charge in [-0.25, -0.2) is 29.3 Å². The van der Waals surface area contributed by atoms with Crippen LogP contribution >= 0.6 is 0 Å². The van der Waals surface area contributed by atoms with E-state index in [4.69, 9.17) is 21.0 Å². The molecule has 0 spiro atoms. The van der Waals surface area contributed by atoms with Gasteiger partial charge in [0.15, 0.2) is 5.78 Å². The minimum Gasteiger partial charge on any atom is -0.439 e. The van der Waals surface area contributed by atoms with Crippen LogP contribution in [0, 0.1) is 19.3 Å². The lowest BCUT2D eigenvalue weighted by molar-refractivity contribution is 0.0982. The summed E-state index contributed by atoms with van der Waals surface area (Å²) in [6.45, 7) is 14.6. The standard InChI is InChI=1S/C39H34FN7O5S/c1-7-32(48)36-25-16-24(30(44(5)53(6,50)51)18-33(25)52-38(36)46-14-13-22(2)15-35(46)49)27-11-12-28-37(43-27)31-17-23-26(40)9-8-10-29(23)47(31)34(42-28)19-45-20-39(3,21-45)41-4/h8-18H,7,19-21H2,1-3,5-6H3. The molecule has 0 unspecified atom stereocenters. The Morgan fingerprint density at radius 3 is 2.55 bits per heavy atom. The number of likely N-dealkylation sites (tertiary alicyclic amines) is 1. The molecular weight excluding hydrogens is 698 g/mol. The van der Waals surface area contributed by atoms with Crippen LogP contribution in [0.1, 0.15) is 42.0 Å². The molecule has 5 aromatic heterocycles. The zero-order valence-electron chi connectivity index (χ0n) is 29.6. The van der Waals surface area contributed by atoms with Gasteiger partial charge in [0.05, 0.1) is 59.4 Å². The lowest BCUT2D eigenvalue weighted by Crippen LogP contribution is -2.57. The van der Waals surface area contributed by atoms with Crippen molar-refractivity contribution in [2.75, 3.05) is 30.7 Å². The van der Waals surface area contributed by atoms with E-state index in [1.54, 1.807) is 56.4 Å². The summed E-state index contributed by atoms with van der Waals surface area (Å²) in [6, 6.07) is 16.5. The minimum absolute atomic E-state index is 0.0349. The van der Waals surface area contributed by atoms with Gasteiger partial charge in [0.2, 0.25) is 15.9 Å². The average Bonchev–Trinajstić information content (AvgIpc) is 3.69. The molecule has 14 heteroatoms. The molecule has 53 heavy (non-hydrogen) atoms. The van der Waals surface area contributed by atoms with Crippen LogP contribution in [-0.2, 0) is 16.6 Å². The summed E-state index contributed by atoms with van der Waals surface area (Å²) in [6.07, 6.45) is 2.74. The fourth-order valence-corrected chi connectivity index (χ4v) is 7.76. The Labute approximate surface area is 303 Å². The second kappa shape index (κ2) is 12.1. The van der Waals surface area contributed by atoms with Crippen molar-refractivity contribution in [3.8, 4) is 17.1 Å². The molecule has 0 amide bonds. The molecule has 1 aliphatic rings. The Bertz CT molecular complexity index is 2920. The number of halogens is 1. The summed E-state index contributed by atoms with van der Waals surface area (Å²) in [4.78, 5) is 42.6.